The Kier molecular flexibility index (Phi) is 6.64. The maximum absolute atomic E-state index is 13.1. The fourth-order valence-electron chi connectivity index (χ4n) is 3.31. The zero-order valence-corrected chi connectivity index (χ0v) is 18.6. The standard InChI is InChI=1S/C25H18F3N3O5/c1-35-22-7-4-16(25(26,27)28)11-19(22)31-23(32)20-10-15(13-30-20)14-2-5-17(6-3-14)36-18-8-9-29-21(12-18)24(33)34/h2-13,30H,1H3,(H,31,32)(H,33,34). The lowest BCUT2D eigenvalue weighted by molar-refractivity contribution is -0.137. The summed E-state index contributed by atoms with van der Waals surface area (Å²) in [7, 11) is 1.29. The van der Waals surface area contributed by atoms with Crippen molar-refractivity contribution in [1.29, 1.82) is 0 Å². The third-order valence-corrected chi connectivity index (χ3v) is 5.08. The minimum absolute atomic E-state index is 0.0865. The highest BCUT2D eigenvalue weighted by atomic mass is 19.4. The lowest BCUT2D eigenvalue weighted by Crippen LogP contribution is -2.14. The molecule has 0 spiro atoms. The number of aromatic amines is 1. The number of nitrogens with one attached hydrogen (secondary N) is 2. The van der Waals surface area contributed by atoms with Crippen molar-refractivity contribution in [2.45, 2.75) is 6.18 Å². The van der Waals surface area contributed by atoms with Crippen LogP contribution >= 0.6 is 0 Å². The number of carboxylic acid groups (broad SMARTS) is 1. The number of nitrogens with zero attached hydrogens (tertiary/aromatic N) is 1. The van der Waals surface area contributed by atoms with Crippen LogP contribution in [0.15, 0.2) is 73.1 Å². The maximum atomic E-state index is 13.1. The molecule has 0 aliphatic carbocycles. The number of benzene rings is 2. The van der Waals surface area contributed by atoms with Gasteiger partial charge in [0.2, 0.25) is 0 Å². The van der Waals surface area contributed by atoms with Crippen molar-refractivity contribution in [3.8, 4) is 28.4 Å². The number of alkyl halides is 3. The summed E-state index contributed by atoms with van der Waals surface area (Å²) in [6.45, 7) is 0. The van der Waals surface area contributed by atoms with Gasteiger partial charge in [0.25, 0.3) is 5.91 Å². The van der Waals surface area contributed by atoms with Crippen LogP contribution in [0.25, 0.3) is 11.1 Å². The van der Waals surface area contributed by atoms with E-state index >= 15 is 0 Å². The summed E-state index contributed by atoms with van der Waals surface area (Å²) in [5.74, 6) is -0.976. The molecule has 0 saturated carbocycles. The van der Waals surface area contributed by atoms with Crippen LogP contribution in [0.1, 0.15) is 26.5 Å². The molecule has 36 heavy (non-hydrogen) atoms. The van der Waals surface area contributed by atoms with E-state index in [0.29, 0.717) is 17.1 Å². The minimum Gasteiger partial charge on any atom is -0.495 e. The van der Waals surface area contributed by atoms with E-state index in [2.05, 4.69) is 15.3 Å². The Labute approximate surface area is 202 Å². The van der Waals surface area contributed by atoms with Crippen LogP contribution < -0.4 is 14.8 Å². The topological polar surface area (TPSA) is 114 Å². The van der Waals surface area contributed by atoms with E-state index in [1.54, 1.807) is 36.5 Å². The van der Waals surface area contributed by atoms with Crippen LogP contribution in [0, 0.1) is 0 Å². The largest absolute Gasteiger partial charge is 0.495 e. The van der Waals surface area contributed by atoms with Gasteiger partial charge in [0.1, 0.15) is 22.9 Å². The molecule has 0 atom stereocenters. The monoisotopic (exact) mass is 497 g/mol. The molecule has 2 aromatic heterocycles. The molecule has 4 rings (SSSR count). The fourth-order valence-corrected chi connectivity index (χ4v) is 3.31. The van der Waals surface area contributed by atoms with Gasteiger partial charge in [-0.2, -0.15) is 13.2 Å². The number of ether oxygens (including phenoxy) is 2. The lowest BCUT2D eigenvalue weighted by atomic mass is 10.1. The number of anilines is 1. The van der Waals surface area contributed by atoms with E-state index in [1.165, 1.54) is 25.4 Å². The van der Waals surface area contributed by atoms with Gasteiger partial charge in [0.05, 0.1) is 18.4 Å². The van der Waals surface area contributed by atoms with Gasteiger partial charge >= 0.3 is 12.1 Å². The molecular weight excluding hydrogens is 479 g/mol. The summed E-state index contributed by atoms with van der Waals surface area (Å²) in [5, 5.41) is 11.5. The summed E-state index contributed by atoms with van der Waals surface area (Å²) < 4.78 is 49.9. The molecule has 4 aromatic rings. The summed E-state index contributed by atoms with van der Waals surface area (Å²) in [5.41, 5.74) is 0.332. The SMILES string of the molecule is COc1ccc(C(F)(F)F)cc1NC(=O)c1cc(-c2ccc(Oc3ccnc(C(=O)O)c3)cc2)c[nH]1. The molecule has 2 heterocycles. The Morgan fingerprint density at radius 2 is 1.72 bits per heavy atom. The van der Waals surface area contributed by atoms with E-state index < -0.39 is 23.6 Å². The molecule has 184 valence electrons. The van der Waals surface area contributed by atoms with Gasteiger partial charge in [-0.05, 0) is 53.6 Å². The molecule has 2 aromatic carbocycles. The molecular formula is C25H18F3N3O5. The number of carbonyl (C=O) groups is 2. The van der Waals surface area contributed by atoms with Crippen LogP contribution in [0.3, 0.4) is 0 Å². The van der Waals surface area contributed by atoms with Gasteiger partial charge in [-0.3, -0.25) is 4.79 Å². The number of hydrogen-bond acceptors (Lipinski definition) is 5. The van der Waals surface area contributed by atoms with Gasteiger partial charge in [-0.1, -0.05) is 12.1 Å². The predicted molar refractivity (Wildman–Crippen MR) is 123 cm³/mol. The highest BCUT2D eigenvalue weighted by molar-refractivity contribution is 6.04. The van der Waals surface area contributed by atoms with Crippen molar-refractivity contribution < 1.29 is 37.3 Å². The second-order valence-corrected chi connectivity index (χ2v) is 7.48. The highest BCUT2D eigenvalue weighted by Crippen LogP contribution is 2.35. The number of aromatic carboxylic acids is 1. The Bertz CT molecular complexity index is 1420. The van der Waals surface area contributed by atoms with E-state index in [-0.39, 0.29) is 22.8 Å². The third-order valence-electron chi connectivity index (χ3n) is 5.08. The zero-order valence-electron chi connectivity index (χ0n) is 18.6. The molecule has 0 fully saturated rings. The van der Waals surface area contributed by atoms with Crippen LogP contribution in [-0.2, 0) is 6.18 Å². The van der Waals surface area contributed by atoms with E-state index in [0.717, 1.165) is 23.8 Å². The fraction of sp³-hybridized carbons (Fsp3) is 0.0800. The van der Waals surface area contributed by atoms with Crippen molar-refractivity contribution in [1.82, 2.24) is 9.97 Å². The molecule has 3 N–H and O–H groups in total. The number of hydrogen-bond donors (Lipinski definition) is 3. The Hall–Kier alpha value is -4.80. The van der Waals surface area contributed by atoms with Crippen LogP contribution in [0.4, 0.5) is 18.9 Å². The molecule has 1 amide bonds. The van der Waals surface area contributed by atoms with Gasteiger partial charge in [0, 0.05) is 18.5 Å². The van der Waals surface area contributed by atoms with Crippen LogP contribution in [0.5, 0.6) is 17.2 Å². The minimum atomic E-state index is -4.57. The number of carbonyl (C=O) groups excluding carboxylic acids is 1. The van der Waals surface area contributed by atoms with E-state index in [1.807, 2.05) is 0 Å². The summed E-state index contributed by atoms with van der Waals surface area (Å²) in [6, 6.07) is 14.0. The molecule has 0 aliphatic heterocycles. The summed E-state index contributed by atoms with van der Waals surface area (Å²) in [4.78, 5) is 30.3. The van der Waals surface area contributed by atoms with Crippen molar-refractivity contribution in [2.75, 3.05) is 12.4 Å². The number of H-pyrrole nitrogens is 1. The first-order chi connectivity index (χ1) is 17.1. The average molecular weight is 497 g/mol. The second-order valence-electron chi connectivity index (χ2n) is 7.48. The summed E-state index contributed by atoms with van der Waals surface area (Å²) in [6.07, 6.45) is -1.66. The van der Waals surface area contributed by atoms with Crippen LogP contribution in [0.2, 0.25) is 0 Å². The highest BCUT2D eigenvalue weighted by Gasteiger charge is 2.31. The van der Waals surface area contributed by atoms with Crippen LogP contribution in [-0.4, -0.2) is 34.1 Å². The first-order valence-electron chi connectivity index (χ1n) is 10.4. The van der Waals surface area contributed by atoms with Crippen molar-refractivity contribution in [2.24, 2.45) is 0 Å². The van der Waals surface area contributed by atoms with Crippen molar-refractivity contribution >= 4 is 17.6 Å². The molecule has 0 unspecified atom stereocenters. The molecule has 0 saturated heterocycles. The normalized spacial score (nSPS) is 11.1. The Morgan fingerprint density at radius 1 is 0.972 bits per heavy atom. The van der Waals surface area contributed by atoms with Crippen molar-refractivity contribution in [3.63, 3.8) is 0 Å². The van der Waals surface area contributed by atoms with E-state index in [4.69, 9.17) is 14.6 Å². The number of amides is 1. The number of aromatic nitrogens is 2. The van der Waals surface area contributed by atoms with Gasteiger partial charge in [0.15, 0.2) is 5.69 Å². The van der Waals surface area contributed by atoms with Crippen molar-refractivity contribution in [3.05, 3.63) is 90.0 Å². The number of halogens is 3. The number of methoxy groups -OCH3 is 1. The van der Waals surface area contributed by atoms with E-state index in [9.17, 15) is 22.8 Å². The third kappa shape index (κ3) is 5.46. The first kappa shape index (κ1) is 24.3. The Morgan fingerprint density at radius 3 is 2.39 bits per heavy atom. The van der Waals surface area contributed by atoms with Gasteiger partial charge < -0.3 is 24.9 Å². The maximum Gasteiger partial charge on any atom is 0.416 e. The second kappa shape index (κ2) is 9.82. The number of carboxylic acids is 1. The predicted octanol–water partition coefficient (Wildman–Crippen LogP) is 5.85. The smallest absolute Gasteiger partial charge is 0.416 e. The zero-order chi connectivity index (χ0) is 25.9. The summed E-state index contributed by atoms with van der Waals surface area (Å²) >= 11 is 0. The molecule has 0 radical (unpaired) electrons. The molecule has 11 heteroatoms. The van der Waals surface area contributed by atoms with Gasteiger partial charge in [-0.25, -0.2) is 9.78 Å². The molecule has 0 bridgehead atoms. The first-order valence-corrected chi connectivity index (χ1v) is 10.4. The van der Waals surface area contributed by atoms with Gasteiger partial charge in [-0.15, -0.1) is 0 Å². The number of pyridine rings is 1. The molecule has 8 nitrogen and oxygen atoms in total. The average Bonchev–Trinajstić information content (AvgIpc) is 3.35. The molecule has 0 aliphatic rings. The Balaban J connectivity index is 1.48. The lowest BCUT2D eigenvalue weighted by Gasteiger charge is -2.13. The number of rotatable bonds is 7. The quantitative estimate of drug-likeness (QED) is 0.295.